The van der Waals surface area contributed by atoms with E-state index >= 15 is 0 Å². The van der Waals surface area contributed by atoms with E-state index in [-0.39, 0.29) is 30.1 Å². The summed E-state index contributed by atoms with van der Waals surface area (Å²) in [5.74, 6) is 3.25. The van der Waals surface area contributed by atoms with Crippen LogP contribution >= 0.6 is 24.0 Å². The topological polar surface area (TPSA) is 64.1 Å². The number of fused-ring (bicyclic) bond motifs is 1. The SMILES string of the molecule is CN=C(NCCc1ccc(C)c(OC)c1)NCC1COc2ccccc2O1.I. The van der Waals surface area contributed by atoms with Gasteiger partial charge in [0, 0.05) is 13.6 Å². The summed E-state index contributed by atoms with van der Waals surface area (Å²) in [6, 6.07) is 14.0. The first-order chi connectivity index (χ1) is 13.2. The van der Waals surface area contributed by atoms with Gasteiger partial charge in [-0.05, 0) is 42.7 Å². The normalized spacial score (nSPS) is 15.4. The molecule has 1 unspecified atom stereocenters. The molecule has 2 aromatic rings. The fraction of sp³-hybridized carbons (Fsp3) is 0.381. The molecule has 152 valence electrons. The Hall–Kier alpha value is -2.16. The molecular formula is C21H28IN3O3. The maximum absolute atomic E-state index is 5.95. The molecule has 0 aromatic heterocycles. The quantitative estimate of drug-likeness (QED) is 0.365. The van der Waals surface area contributed by atoms with Gasteiger partial charge in [0.1, 0.15) is 18.5 Å². The van der Waals surface area contributed by atoms with Crippen LogP contribution in [0.25, 0.3) is 0 Å². The Labute approximate surface area is 183 Å². The largest absolute Gasteiger partial charge is 0.496 e. The van der Waals surface area contributed by atoms with E-state index in [1.54, 1.807) is 14.2 Å². The third-order valence-corrected chi connectivity index (χ3v) is 4.47. The van der Waals surface area contributed by atoms with E-state index in [1.165, 1.54) is 5.56 Å². The van der Waals surface area contributed by atoms with Gasteiger partial charge < -0.3 is 24.8 Å². The summed E-state index contributed by atoms with van der Waals surface area (Å²) in [6.07, 6.45) is 0.827. The van der Waals surface area contributed by atoms with Crippen molar-refractivity contribution < 1.29 is 14.2 Å². The number of aryl methyl sites for hydroxylation is 1. The van der Waals surface area contributed by atoms with Gasteiger partial charge in [0.25, 0.3) is 0 Å². The number of hydrogen-bond donors (Lipinski definition) is 2. The minimum absolute atomic E-state index is 0. The minimum Gasteiger partial charge on any atom is -0.496 e. The number of rotatable bonds is 6. The molecule has 1 heterocycles. The Morgan fingerprint density at radius 2 is 1.96 bits per heavy atom. The lowest BCUT2D eigenvalue weighted by molar-refractivity contribution is 0.0936. The van der Waals surface area contributed by atoms with Crippen molar-refractivity contribution in [3.63, 3.8) is 0 Å². The molecule has 0 amide bonds. The van der Waals surface area contributed by atoms with Crippen LogP contribution in [0.3, 0.4) is 0 Å². The molecular weight excluding hydrogens is 469 g/mol. The second-order valence-corrected chi connectivity index (χ2v) is 6.43. The van der Waals surface area contributed by atoms with Gasteiger partial charge in [-0.2, -0.15) is 0 Å². The van der Waals surface area contributed by atoms with Crippen LogP contribution in [-0.4, -0.2) is 45.9 Å². The standard InChI is InChI=1S/C21H27N3O3.HI/c1-15-8-9-16(12-20(15)25-3)10-11-23-21(22-2)24-13-17-14-26-18-6-4-5-7-19(18)27-17;/h4-9,12,17H,10-11,13-14H2,1-3H3,(H2,22,23,24);1H. The van der Waals surface area contributed by atoms with Gasteiger partial charge in [0.05, 0.1) is 13.7 Å². The zero-order valence-corrected chi connectivity index (χ0v) is 18.9. The van der Waals surface area contributed by atoms with Crippen LogP contribution in [0.2, 0.25) is 0 Å². The molecule has 0 fully saturated rings. The second kappa shape index (κ2) is 11.0. The Kier molecular flexibility index (Phi) is 8.69. The Morgan fingerprint density at radius 1 is 1.18 bits per heavy atom. The minimum atomic E-state index is -0.0557. The summed E-state index contributed by atoms with van der Waals surface area (Å²) >= 11 is 0. The van der Waals surface area contributed by atoms with Gasteiger partial charge in [-0.15, -0.1) is 24.0 Å². The molecule has 7 heteroatoms. The number of nitrogens with zero attached hydrogens (tertiary/aromatic N) is 1. The average molecular weight is 497 g/mol. The number of ether oxygens (including phenoxy) is 3. The predicted octanol–water partition coefficient (Wildman–Crippen LogP) is 3.17. The number of para-hydroxylation sites is 2. The van der Waals surface area contributed by atoms with Crippen molar-refractivity contribution in [3.05, 3.63) is 53.6 Å². The van der Waals surface area contributed by atoms with E-state index in [9.17, 15) is 0 Å². The van der Waals surface area contributed by atoms with Gasteiger partial charge >= 0.3 is 0 Å². The molecule has 6 nitrogen and oxygen atoms in total. The van der Waals surface area contributed by atoms with Gasteiger partial charge in [-0.3, -0.25) is 4.99 Å². The molecule has 1 aliphatic heterocycles. The van der Waals surface area contributed by atoms with Crippen molar-refractivity contribution in [1.29, 1.82) is 0 Å². The van der Waals surface area contributed by atoms with Gasteiger partial charge in [0.15, 0.2) is 17.5 Å². The highest BCUT2D eigenvalue weighted by Crippen LogP contribution is 2.30. The van der Waals surface area contributed by atoms with Crippen LogP contribution in [0.15, 0.2) is 47.5 Å². The number of hydrogen-bond acceptors (Lipinski definition) is 4. The molecule has 0 spiro atoms. The lowest BCUT2D eigenvalue weighted by Gasteiger charge is -2.27. The third-order valence-electron chi connectivity index (χ3n) is 4.47. The van der Waals surface area contributed by atoms with E-state index in [4.69, 9.17) is 14.2 Å². The van der Waals surface area contributed by atoms with Crippen LogP contribution in [-0.2, 0) is 6.42 Å². The summed E-state index contributed by atoms with van der Waals surface area (Å²) in [4.78, 5) is 4.27. The van der Waals surface area contributed by atoms with Crippen LogP contribution in [0.4, 0.5) is 0 Å². The average Bonchev–Trinajstić information content (AvgIpc) is 2.71. The number of aliphatic imine (C=N–C) groups is 1. The highest BCUT2D eigenvalue weighted by molar-refractivity contribution is 14.0. The van der Waals surface area contributed by atoms with E-state index in [1.807, 2.05) is 31.2 Å². The van der Waals surface area contributed by atoms with Crippen molar-refractivity contribution in [1.82, 2.24) is 10.6 Å². The highest BCUT2D eigenvalue weighted by Gasteiger charge is 2.20. The summed E-state index contributed by atoms with van der Waals surface area (Å²) < 4.78 is 17.1. The zero-order chi connectivity index (χ0) is 19.1. The second-order valence-electron chi connectivity index (χ2n) is 6.43. The lowest BCUT2D eigenvalue weighted by Crippen LogP contribution is -2.45. The summed E-state index contributed by atoms with van der Waals surface area (Å²) in [5.41, 5.74) is 2.36. The van der Waals surface area contributed by atoms with Gasteiger partial charge in [-0.25, -0.2) is 0 Å². The van der Waals surface area contributed by atoms with Crippen LogP contribution < -0.4 is 24.8 Å². The lowest BCUT2D eigenvalue weighted by atomic mass is 10.1. The monoisotopic (exact) mass is 497 g/mol. The van der Waals surface area contributed by atoms with Crippen molar-refractivity contribution >= 4 is 29.9 Å². The first-order valence-corrected chi connectivity index (χ1v) is 9.16. The number of nitrogens with one attached hydrogen (secondary N) is 2. The molecule has 0 saturated heterocycles. The van der Waals surface area contributed by atoms with Crippen LogP contribution in [0.5, 0.6) is 17.2 Å². The van der Waals surface area contributed by atoms with E-state index in [0.29, 0.717) is 13.2 Å². The number of methoxy groups -OCH3 is 1. The smallest absolute Gasteiger partial charge is 0.191 e. The highest BCUT2D eigenvalue weighted by atomic mass is 127. The maximum atomic E-state index is 5.95. The van der Waals surface area contributed by atoms with Crippen molar-refractivity contribution in [2.24, 2.45) is 4.99 Å². The number of halogens is 1. The van der Waals surface area contributed by atoms with Crippen LogP contribution in [0, 0.1) is 6.92 Å². The molecule has 0 saturated carbocycles. The summed E-state index contributed by atoms with van der Waals surface area (Å²) in [7, 11) is 3.46. The first-order valence-electron chi connectivity index (χ1n) is 9.16. The summed E-state index contributed by atoms with van der Waals surface area (Å²) in [6.45, 7) is 3.95. The fourth-order valence-corrected chi connectivity index (χ4v) is 2.94. The molecule has 2 aromatic carbocycles. The molecule has 1 aliphatic rings. The predicted molar refractivity (Wildman–Crippen MR) is 123 cm³/mol. The first kappa shape index (κ1) is 22.1. The van der Waals surface area contributed by atoms with E-state index in [2.05, 4.69) is 33.8 Å². The van der Waals surface area contributed by atoms with E-state index in [0.717, 1.165) is 41.7 Å². The van der Waals surface area contributed by atoms with Gasteiger partial charge in [-0.1, -0.05) is 24.3 Å². The van der Waals surface area contributed by atoms with Crippen molar-refractivity contribution in [2.75, 3.05) is 33.9 Å². The molecule has 0 bridgehead atoms. The fourth-order valence-electron chi connectivity index (χ4n) is 2.94. The molecule has 0 aliphatic carbocycles. The van der Waals surface area contributed by atoms with Crippen molar-refractivity contribution in [3.8, 4) is 17.2 Å². The third kappa shape index (κ3) is 5.92. The molecule has 0 radical (unpaired) electrons. The molecule has 1 atom stereocenters. The van der Waals surface area contributed by atoms with Crippen LogP contribution in [0.1, 0.15) is 11.1 Å². The zero-order valence-electron chi connectivity index (χ0n) is 16.5. The molecule has 3 rings (SSSR count). The Morgan fingerprint density at radius 3 is 2.71 bits per heavy atom. The molecule has 2 N–H and O–H groups in total. The number of benzene rings is 2. The van der Waals surface area contributed by atoms with Crippen molar-refractivity contribution in [2.45, 2.75) is 19.4 Å². The number of guanidine groups is 1. The van der Waals surface area contributed by atoms with Gasteiger partial charge in [0.2, 0.25) is 0 Å². The Balaban J connectivity index is 0.00000280. The molecule has 28 heavy (non-hydrogen) atoms. The van der Waals surface area contributed by atoms with E-state index < -0.39 is 0 Å². The Bertz CT molecular complexity index is 798. The summed E-state index contributed by atoms with van der Waals surface area (Å²) in [5, 5.41) is 6.63. The maximum Gasteiger partial charge on any atom is 0.191 e.